The van der Waals surface area contributed by atoms with Crippen LogP contribution in [0.15, 0.2) is 30.3 Å². The lowest BCUT2D eigenvalue weighted by Crippen LogP contribution is -2.49. The standard InChI is InChI=1S/C18H24N2O.ClH/c21-17(20-16-10-14-6-7-15(11-16)19-14)18(8-9-18)12-13-4-2-1-3-5-13;/h1-5,14-16,19H,6-12H2,(H,20,21);1H. The number of rotatable bonds is 4. The summed E-state index contributed by atoms with van der Waals surface area (Å²) in [6.45, 7) is 0. The second kappa shape index (κ2) is 6.21. The molecular formula is C18H25ClN2O. The van der Waals surface area contributed by atoms with Crippen molar-refractivity contribution in [2.24, 2.45) is 5.41 Å². The van der Waals surface area contributed by atoms with Crippen LogP contribution in [-0.4, -0.2) is 24.0 Å². The molecule has 1 amide bonds. The van der Waals surface area contributed by atoms with E-state index >= 15 is 0 Å². The lowest BCUT2D eigenvalue weighted by Gasteiger charge is -2.31. The van der Waals surface area contributed by atoms with Crippen molar-refractivity contribution in [3.63, 3.8) is 0 Å². The molecule has 2 saturated heterocycles. The minimum Gasteiger partial charge on any atom is -0.353 e. The van der Waals surface area contributed by atoms with E-state index in [0.29, 0.717) is 24.0 Å². The van der Waals surface area contributed by atoms with Crippen LogP contribution < -0.4 is 10.6 Å². The molecule has 0 radical (unpaired) electrons. The van der Waals surface area contributed by atoms with Crippen molar-refractivity contribution in [3.05, 3.63) is 35.9 Å². The lowest BCUT2D eigenvalue weighted by atomic mass is 9.93. The normalized spacial score (nSPS) is 31.2. The highest BCUT2D eigenvalue weighted by Crippen LogP contribution is 2.49. The van der Waals surface area contributed by atoms with Gasteiger partial charge in [0.1, 0.15) is 0 Å². The first-order valence-corrected chi connectivity index (χ1v) is 8.34. The summed E-state index contributed by atoms with van der Waals surface area (Å²) < 4.78 is 0. The molecule has 4 rings (SSSR count). The molecule has 1 saturated carbocycles. The van der Waals surface area contributed by atoms with Crippen molar-refractivity contribution >= 4 is 18.3 Å². The highest BCUT2D eigenvalue weighted by Gasteiger charge is 2.50. The highest BCUT2D eigenvalue weighted by molar-refractivity contribution is 5.86. The molecule has 0 spiro atoms. The van der Waals surface area contributed by atoms with Gasteiger partial charge in [0, 0.05) is 18.1 Å². The van der Waals surface area contributed by atoms with Gasteiger partial charge in [-0.3, -0.25) is 4.79 Å². The number of hydrogen-bond acceptors (Lipinski definition) is 2. The van der Waals surface area contributed by atoms with Crippen molar-refractivity contribution in [3.8, 4) is 0 Å². The summed E-state index contributed by atoms with van der Waals surface area (Å²) in [5.74, 6) is 0.303. The van der Waals surface area contributed by atoms with E-state index in [1.807, 2.05) is 6.07 Å². The van der Waals surface area contributed by atoms with E-state index in [1.165, 1.54) is 18.4 Å². The Balaban J connectivity index is 0.00000144. The Hall–Kier alpha value is -1.06. The molecule has 2 unspecified atom stereocenters. The predicted molar refractivity (Wildman–Crippen MR) is 90.2 cm³/mol. The average Bonchev–Trinajstić information content (AvgIpc) is 3.19. The smallest absolute Gasteiger partial charge is 0.226 e. The SMILES string of the molecule is Cl.O=C(NC1CC2CCC(C1)N2)C1(Cc2ccccc2)CC1. The summed E-state index contributed by atoms with van der Waals surface area (Å²) in [5, 5.41) is 7.00. The van der Waals surface area contributed by atoms with Gasteiger partial charge in [0.2, 0.25) is 5.91 Å². The Labute approximate surface area is 138 Å². The predicted octanol–water partition coefficient (Wildman–Crippen LogP) is 2.83. The first-order valence-electron chi connectivity index (χ1n) is 8.34. The maximum atomic E-state index is 12.7. The molecule has 2 heterocycles. The topological polar surface area (TPSA) is 41.1 Å². The molecule has 3 nitrogen and oxygen atoms in total. The number of piperidine rings is 1. The van der Waals surface area contributed by atoms with Gasteiger partial charge >= 0.3 is 0 Å². The van der Waals surface area contributed by atoms with Crippen LogP contribution in [0.4, 0.5) is 0 Å². The quantitative estimate of drug-likeness (QED) is 0.895. The molecular weight excluding hydrogens is 296 g/mol. The second-order valence-electron chi connectivity index (χ2n) is 7.22. The zero-order valence-corrected chi connectivity index (χ0v) is 13.7. The number of nitrogens with one attached hydrogen (secondary N) is 2. The van der Waals surface area contributed by atoms with Gasteiger partial charge in [-0.05, 0) is 50.5 Å². The first kappa shape index (κ1) is 15.8. The number of hydrogen-bond donors (Lipinski definition) is 2. The summed E-state index contributed by atoms with van der Waals surface area (Å²) >= 11 is 0. The van der Waals surface area contributed by atoms with Crippen LogP contribution in [0.3, 0.4) is 0 Å². The average molecular weight is 321 g/mol. The molecule has 0 aromatic heterocycles. The van der Waals surface area contributed by atoms with E-state index in [1.54, 1.807) is 0 Å². The fraction of sp³-hybridized carbons (Fsp3) is 0.611. The molecule has 1 aliphatic carbocycles. The zero-order valence-electron chi connectivity index (χ0n) is 12.9. The van der Waals surface area contributed by atoms with Crippen molar-refractivity contribution < 1.29 is 4.79 Å². The second-order valence-corrected chi connectivity index (χ2v) is 7.22. The summed E-state index contributed by atoms with van der Waals surface area (Å²) in [7, 11) is 0. The summed E-state index contributed by atoms with van der Waals surface area (Å²) in [5.41, 5.74) is 1.18. The minimum absolute atomic E-state index is 0. The van der Waals surface area contributed by atoms with Crippen molar-refractivity contribution in [2.45, 2.75) is 63.1 Å². The van der Waals surface area contributed by atoms with Crippen LogP contribution in [0.25, 0.3) is 0 Å². The molecule has 3 aliphatic rings. The Bertz CT molecular complexity index is 517. The van der Waals surface area contributed by atoms with Crippen LogP contribution in [0, 0.1) is 5.41 Å². The van der Waals surface area contributed by atoms with Crippen LogP contribution in [0.1, 0.15) is 44.1 Å². The molecule has 2 N–H and O–H groups in total. The number of halogens is 1. The van der Waals surface area contributed by atoms with Crippen LogP contribution in [-0.2, 0) is 11.2 Å². The Morgan fingerprint density at radius 3 is 2.36 bits per heavy atom. The maximum Gasteiger partial charge on any atom is 0.226 e. The van der Waals surface area contributed by atoms with Gasteiger partial charge in [-0.25, -0.2) is 0 Å². The molecule has 2 aliphatic heterocycles. The van der Waals surface area contributed by atoms with Crippen LogP contribution >= 0.6 is 12.4 Å². The van der Waals surface area contributed by atoms with E-state index in [4.69, 9.17) is 0 Å². The van der Waals surface area contributed by atoms with E-state index in [2.05, 4.69) is 34.9 Å². The van der Waals surface area contributed by atoms with Crippen molar-refractivity contribution in [1.29, 1.82) is 0 Å². The number of amides is 1. The summed E-state index contributed by atoms with van der Waals surface area (Å²) in [6.07, 6.45) is 7.79. The molecule has 120 valence electrons. The Morgan fingerprint density at radius 1 is 1.14 bits per heavy atom. The van der Waals surface area contributed by atoms with Gasteiger partial charge in [0.15, 0.2) is 0 Å². The van der Waals surface area contributed by atoms with Gasteiger partial charge < -0.3 is 10.6 Å². The lowest BCUT2D eigenvalue weighted by molar-refractivity contribution is -0.127. The van der Waals surface area contributed by atoms with E-state index in [-0.39, 0.29) is 17.8 Å². The molecule has 1 aromatic rings. The van der Waals surface area contributed by atoms with E-state index in [0.717, 1.165) is 32.1 Å². The third-order valence-electron chi connectivity index (χ3n) is 5.53. The monoisotopic (exact) mass is 320 g/mol. The van der Waals surface area contributed by atoms with E-state index in [9.17, 15) is 4.79 Å². The third-order valence-corrected chi connectivity index (χ3v) is 5.53. The maximum absolute atomic E-state index is 12.7. The van der Waals surface area contributed by atoms with Gasteiger partial charge in [0.05, 0.1) is 5.41 Å². The molecule has 1 aromatic carbocycles. The Morgan fingerprint density at radius 2 is 1.77 bits per heavy atom. The Kier molecular flexibility index (Phi) is 4.47. The van der Waals surface area contributed by atoms with Crippen LogP contribution in [0.2, 0.25) is 0 Å². The molecule has 2 bridgehead atoms. The van der Waals surface area contributed by atoms with Gasteiger partial charge in [-0.1, -0.05) is 30.3 Å². The number of carbonyl (C=O) groups excluding carboxylic acids is 1. The zero-order chi connectivity index (χ0) is 14.3. The fourth-order valence-electron chi connectivity index (χ4n) is 4.14. The minimum atomic E-state index is -0.106. The number of carbonyl (C=O) groups is 1. The summed E-state index contributed by atoms with van der Waals surface area (Å²) in [4.78, 5) is 12.7. The molecule has 22 heavy (non-hydrogen) atoms. The fourth-order valence-corrected chi connectivity index (χ4v) is 4.14. The summed E-state index contributed by atoms with van der Waals surface area (Å²) in [6, 6.07) is 12.1. The highest BCUT2D eigenvalue weighted by atomic mass is 35.5. The van der Waals surface area contributed by atoms with Crippen molar-refractivity contribution in [1.82, 2.24) is 10.6 Å². The van der Waals surface area contributed by atoms with Crippen LogP contribution in [0.5, 0.6) is 0 Å². The molecule has 4 heteroatoms. The largest absolute Gasteiger partial charge is 0.353 e. The van der Waals surface area contributed by atoms with Crippen molar-refractivity contribution in [2.75, 3.05) is 0 Å². The van der Waals surface area contributed by atoms with Gasteiger partial charge in [0.25, 0.3) is 0 Å². The number of benzene rings is 1. The number of fused-ring (bicyclic) bond motifs is 2. The van der Waals surface area contributed by atoms with Gasteiger partial charge in [-0.15, -0.1) is 12.4 Å². The molecule has 3 fully saturated rings. The van der Waals surface area contributed by atoms with Gasteiger partial charge in [-0.2, -0.15) is 0 Å². The van der Waals surface area contributed by atoms with E-state index < -0.39 is 0 Å². The first-order chi connectivity index (χ1) is 10.2. The third kappa shape index (κ3) is 3.16. The molecule has 2 atom stereocenters.